The predicted octanol–water partition coefficient (Wildman–Crippen LogP) is -4.76. The second-order valence-electron chi connectivity index (χ2n) is 5.04. The molecule has 2 heterocycles. The van der Waals surface area contributed by atoms with E-state index in [2.05, 4.69) is 0 Å². The van der Waals surface area contributed by atoms with Crippen LogP contribution in [-0.4, -0.2) is 104 Å². The van der Waals surface area contributed by atoms with E-state index in [1.165, 1.54) is 0 Å². The number of rotatable bonds is 4. The molecule has 2 aliphatic rings. The van der Waals surface area contributed by atoms with E-state index in [9.17, 15) is 25.5 Å². The molecule has 2 aliphatic heterocycles. The molecule has 0 spiro atoms. The molecule has 21 heavy (non-hydrogen) atoms. The molecule has 2 saturated heterocycles. The highest BCUT2D eigenvalue weighted by Crippen LogP contribution is 2.28. The van der Waals surface area contributed by atoms with Gasteiger partial charge >= 0.3 is 0 Å². The Morgan fingerprint density at radius 2 is 1.00 bits per heavy atom. The molecular weight excluding hydrogens is 292 g/mol. The summed E-state index contributed by atoms with van der Waals surface area (Å²) in [5.41, 5.74) is 0. The lowest BCUT2D eigenvalue weighted by atomic mass is 9.99. The van der Waals surface area contributed by atoms with Crippen LogP contribution in [0, 0.1) is 0 Å². The molecular formula is C11H20O10. The van der Waals surface area contributed by atoms with Crippen LogP contribution in [0.5, 0.6) is 0 Å². The standard InChI is InChI=1S/C11H20O10/c12-1-3-5(14)7(16)9(18)11(19-3)21-10-8(17)6(15)4(2-13)20-10/h3-18H,1-2H2/t3-,4+,5-,6+,7+,8-,9-,10+,11+/m1/s1. The van der Waals surface area contributed by atoms with Crippen LogP contribution in [0.25, 0.3) is 0 Å². The van der Waals surface area contributed by atoms with Crippen LogP contribution < -0.4 is 0 Å². The summed E-state index contributed by atoms with van der Waals surface area (Å²) in [5.74, 6) is 0. The van der Waals surface area contributed by atoms with Crippen LogP contribution in [0.1, 0.15) is 0 Å². The van der Waals surface area contributed by atoms with Crippen molar-refractivity contribution >= 4 is 0 Å². The molecule has 0 aliphatic carbocycles. The first-order chi connectivity index (χ1) is 9.90. The predicted molar refractivity (Wildman–Crippen MR) is 62.6 cm³/mol. The number of hydrogen-bond acceptors (Lipinski definition) is 10. The van der Waals surface area contributed by atoms with Crippen molar-refractivity contribution in [1.29, 1.82) is 0 Å². The maximum atomic E-state index is 9.77. The first-order valence-electron chi connectivity index (χ1n) is 6.49. The van der Waals surface area contributed by atoms with Crippen molar-refractivity contribution in [2.75, 3.05) is 13.2 Å². The van der Waals surface area contributed by atoms with Gasteiger partial charge in [-0.25, -0.2) is 0 Å². The van der Waals surface area contributed by atoms with Crippen LogP contribution in [0.15, 0.2) is 0 Å². The minimum atomic E-state index is -1.65. The highest BCUT2D eigenvalue weighted by Gasteiger charge is 2.49. The van der Waals surface area contributed by atoms with Crippen molar-refractivity contribution in [1.82, 2.24) is 0 Å². The van der Waals surface area contributed by atoms with Gasteiger partial charge in [0.1, 0.15) is 42.7 Å². The summed E-state index contributed by atoms with van der Waals surface area (Å²) in [6.07, 6.45) is -12.8. The van der Waals surface area contributed by atoms with E-state index < -0.39 is 68.5 Å². The topological polar surface area (TPSA) is 169 Å². The zero-order valence-electron chi connectivity index (χ0n) is 11.0. The smallest absolute Gasteiger partial charge is 0.189 e. The molecule has 9 atom stereocenters. The fourth-order valence-electron chi connectivity index (χ4n) is 2.29. The molecule has 0 aromatic rings. The second-order valence-corrected chi connectivity index (χ2v) is 5.04. The van der Waals surface area contributed by atoms with Gasteiger partial charge in [-0.15, -0.1) is 0 Å². The van der Waals surface area contributed by atoms with Gasteiger partial charge in [-0.3, -0.25) is 0 Å². The van der Waals surface area contributed by atoms with Crippen molar-refractivity contribution in [2.24, 2.45) is 0 Å². The summed E-state index contributed by atoms with van der Waals surface area (Å²) in [5, 5.41) is 66.2. The molecule has 124 valence electrons. The SMILES string of the molecule is OC[C@@H]1O[C@@H](O[C@@H]2O[C@H](CO)[C@@H](O)[C@H](O)[C@H]2O)[C@H](O)[C@H]1O. The van der Waals surface area contributed by atoms with Gasteiger partial charge < -0.3 is 50.0 Å². The van der Waals surface area contributed by atoms with Gasteiger partial charge in [0.15, 0.2) is 12.6 Å². The molecule has 0 radical (unpaired) electrons. The summed E-state index contributed by atoms with van der Waals surface area (Å²) in [6, 6.07) is 0. The van der Waals surface area contributed by atoms with E-state index in [0.717, 1.165) is 0 Å². The summed E-state index contributed by atoms with van der Waals surface area (Å²) >= 11 is 0. The molecule has 10 heteroatoms. The normalized spacial score (nSPS) is 51.3. The Bertz CT molecular complexity index is 339. The molecule has 0 aromatic heterocycles. The van der Waals surface area contributed by atoms with Crippen molar-refractivity contribution in [2.45, 2.75) is 55.3 Å². The average molecular weight is 312 g/mol. The second kappa shape index (κ2) is 6.79. The Hall–Kier alpha value is -0.400. The molecule has 10 nitrogen and oxygen atoms in total. The summed E-state index contributed by atoms with van der Waals surface area (Å²) in [4.78, 5) is 0. The zero-order chi connectivity index (χ0) is 15.7. The van der Waals surface area contributed by atoms with Crippen LogP contribution in [0.4, 0.5) is 0 Å². The van der Waals surface area contributed by atoms with E-state index in [4.69, 9.17) is 24.4 Å². The van der Waals surface area contributed by atoms with Gasteiger partial charge in [0, 0.05) is 0 Å². The fraction of sp³-hybridized carbons (Fsp3) is 1.00. The molecule has 7 N–H and O–H groups in total. The Labute approximate surface area is 119 Å². The van der Waals surface area contributed by atoms with E-state index in [1.54, 1.807) is 0 Å². The average Bonchev–Trinajstić information content (AvgIpc) is 2.75. The van der Waals surface area contributed by atoms with Gasteiger partial charge in [-0.05, 0) is 0 Å². The highest BCUT2D eigenvalue weighted by molar-refractivity contribution is 4.91. The Morgan fingerprint density at radius 3 is 1.43 bits per heavy atom. The van der Waals surface area contributed by atoms with Crippen molar-refractivity contribution in [3.8, 4) is 0 Å². The minimum Gasteiger partial charge on any atom is -0.394 e. The Balaban J connectivity index is 2.01. The van der Waals surface area contributed by atoms with E-state index in [-0.39, 0.29) is 0 Å². The van der Waals surface area contributed by atoms with Crippen molar-refractivity contribution < 1.29 is 50.0 Å². The van der Waals surface area contributed by atoms with Crippen LogP contribution in [0.3, 0.4) is 0 Å². The quantitative estimate of drug-likeness (QED) is 0.267. The van der Waals surface area contributed by atoms with Gasteiger partial charge in [0.05, 0.1) is 13.2 Å². The third kappa shape index (κ3) is 3.19. The summed E-state index contributed by atoms with van der Waals surface area (Å²) in [6.45, 7) is -1.17. The monoisotopic (exact) mass is 312 g/mol. The third-order valence-electron chi connectivity index (χ3n) is 3.62. The van der Waals surface area contributed by atoms with Crippen molar-refractivity contribution in [3.63, 3.8) is 0 Å². The molecule has 0 saturated carbocycles. The highest BCUT2D eigenvalue weighted by atomic mass is 16.8. The molecule has 0 amide bonds. The zero-order valence-corrected chi connectivity index (χ0v) is 11.0. The fourth-order valence-corrected chi connectivity index (χ4v) is 2.29. The first-order valence-corrected chi connectivity index (χ1v) is 6.49. The number of ether oxygens (including phenoxy) is 3. The molecule has 2 fully saturated rings. The number of aliphatic hydroxyl groups is 7. The molecule has 0 aromatic carbocycles. The van der Waals surface area contributed by atoms with Crippen LogP contribution in [0.2, 0.25) is 0 Å². The van der Waals surface area contributed by atoms with E-state index >= 15 is 0 Å². The maximum absolute atomic E-state index is 9.77. The van der Waals surface area contributed by atoms with Crippen molar-refractivity contribution in [3.05, 3.63) is 0 Å². The number of aliphatic hydroxyl groups excluding tert-OH is 7. The van der Waals surface area contributed by atoms with Gasteiger partial charge in [-0.1, -0.05) is 0 Å². The lowest BCUT2D eigenvalue weighted by Crippen LogP contribution is -2.60. The van der Waals surface area contributed by atoms with Crippen LogP contribution >= 0.6 is 0 Å². The van der Waals surface area contributed by atoms with Gasteiger partial charge in [-0.2, -0.15) is 0 Å². The Morgan fingerprint density at radius 1 is 0.619 bits per heavy atom. The van der Waals surface area contributed by atoms with E-state index in [1.807, 2.05) is 0 Å². The summed E-state index contributed by atoms with van der Waals surface area (Å²) in [7, 11) is 0. The maximum Gasteiger partial charge on any atom is 0.189 e. The van der Waals surface area contributed by atoms with Gasteiger partial charge in [0.2, 0.25) is 0 Å². The Kier molecular flexibility index (Phi) is 5.48. The third-order valence-corrected chi connectivity index (χ3v) is 3.62. The first kappa shape index (κ1) is 17.0. The summed E-state index contributed by atoms with van der Waals surface area (Å²) < 4.78 is 15.3. The molecule has 0 bridgehead atoms. The largest absolute Gasteiger partial charge is 0.394 e. The lowest BCUT2D eigenvalue weighted by Gasteiger charge is -2.40. The number of hydrogen-bond donors (Lipinski definition) is 7. The minimum absolute atomic E-state index is 0.549. The van der Waals surface area contributed by atoms with Crippen LogP contribution in [-0.2, 0) is 14.2 Å². The molecule has 2 rings (SSSR count). The molecule has 0 unspecified atom stereocenters. The van der Waals surface area contributed by atoms with E-state index in [0.29, 0.717) is 0 Å². The van der Waals surface area contributed by atoms with Gasteiger partial charge in [0.25, 0.3) is 0 Å². The lowest BCUT2D eigenvalue weighted by molar-refractivity contribution is -0.341.